The highest BCUT2D eigenvalue weighted by molar-refractivity contribution is 5.73. The van der Waals surface area contributed by atoms with Crippen LogP contribution in [-0.2, 0) is 4.79 Å². The number of carbonyl (C=O) groups is 1. The quantitative estimate of drug-likeness (QED) is 0.672. The average Bonchev–Trinajstić information content (AvgIpc) is 2.15. The molecule has 0 spiro atoms. The molecule has 4 N–H and O–H groups in total. The van der Waals surface area contributed by atoms with Crippen LogP contribution in [0.15, 0.2) is 0 Å². The van der Waals surface area contributed by atoms with E-state index in [1.165, 1.54) is 0 Å². The molecule has 82 valence electrons. The molecule has 4 heteroatoms. The van der Waals surface area contributed by atoms with Crippen molar-refractivity contribution in [3.05, 3.63) is 0 Å². The van der Waals surface area contributed by atoms with Crippen molar-refractivity contribution in [2.45, 2.75) is 44.2 Å². The molecule has 0 aromatic heterocycles. The second kappa shape index (κ2) is 5.32. The van der Waals surface area contributed by atoms with Gasteiger partial charge in [0.15, 0.2) is 0 Å². The second-order valence-electron chi connectivity index (χ2n) is 4.27. The summed E-state index contributed by atoms with van der Waals surface area (Å²) >= 11 is 0. The van der Waals surface area contributed by atoms with Crippen LogP contribution < -0.4 is 11.5 Å². The van der Waals surface area contributed by atoms with Crippen LogP contribution in [0.2, 0.25) is 0 Å². The zero-order valence-corrected chi connectivity index (χ0v) is 8.91. The molecule has 0 bridgehead atoms. The average molecular weight is 199 g/mol. The van der Waals surface area contributed by atoms with Gasteiger partial charge in [-0.3, -0.25) is 4.79 Å². The number of hydrogen-bond acceptors (Lipinski definition) is 3. The van der Waals surface area contributed by atoms with E-state index in [9.17, 15) is 4.79 Å². The molecule has 0 aromatic rings. The summed E-state index contributed by atoms with van der Waals surface area (Å²) in [7, 11) is 2.06. The van der Waals surface area contributed by atoms with Gasteiger partial charge < -0.3 is 16.4 Å². The minimum Gasteiger partial charge on any atom is -0.370 e. The molecule has 0 unspecified atom stereocenters. The van der Waals surface area contributed by atoms with Crippen LogP contribution in [0.4, 0.5) is 0 Å². The SMILES string of the molecule is CN(CCC(N)=O)C1CCC(N)CC1. The molecule has 0 radical (unpaired) electrons. The van der Waals surface area contributed by atoms with Crippen molar-refractivity contribution in [2.75, 3.05) is 13.6 Å². The fourth-order valence-corrected chi connectivity index (χ4v) is 2.01. The van der Waals surface area contributed by atoms with Gasteiger partial charge in [-0.1, -0.05) is 0 Å². The molecule has 0 heterocycles. The van der Waals surface area contributed by atoms with Crippen molar-refractivity contribution in [1.82, 2.24) is 4.90 Å². The molecule has 1 saturated carbocycles. The van der Waals surface area contributed by atoms with Crippen LogP contribution in [0, 0.1) is 0 Å². The van der Waals surface area contributed by atoms with Crippen LogP contribution in [0.5, 0.6) is 0 Å². The van der Waals surface area contributed by atoms with Gasteiger partial charge in [0, 0.05) is 25.0 Å². The summed E-state index contributed by atoms with van der Waals surface area (Å²) in [6.07, 6.45) is 4.96. The number of carbonyl (C=O) groups excluding carboxylic acids is 1. The Balaban J connectivity index is 2.23. The maximum atomic E-state index is 10.6. The van der Waals surface area contributed by atoms with Gasteiger partial charge in [0.2, 0.25) is 5.91 Å². The van der Waals surface area contributed by atoms with Gasteiger partial charge in [-0.15, -0.1) is 0 Å². The topological polar surface area (TPSA) is 72.3 Å². The van der Waals surface area contributed by atoms with Crippen molar-refractivity contribution in [3.8, 4) is 0 Å². The van der Waals surface area contributed by atoms with E-state index in [1.807, 2.05) is 0 Å². The van der Waals surface area contributed by atoms with Crippen LogP contribution in [-0.4, -0.2) is 36.5 Å². The lowest BCUT2D eigenvalue weighted by atomic mass is 9.91. The molecule has 4 nitrogen and oxygen atoms in total. The van der Waals surface area contributed by atoms with E-state index in [4.69, 9.17) is 11.5 Å². The first-order valence-electron chi connectivity index (χ1n) is 5.33. The first kappa shape index (κ1) is 11.5. The number of hydrogen-bond donors (Lipinski definition) is 2. The van der Waals surface area contributed by atoms with E-state index in [-0.39, 0.29) is 5.91 Å². The largest absolute Gasteiger partial charge is 0.370 e. The predicted molar refractivity (Wildman–Crippen MR) is 56.7 cm³/mol. The highest BCUT2D eigenvalue weighted by Gasteiger charge is 2.21. The van der Waals surface area contributed by atoms with E-state index in [1.54, 1.807) is 0 Å². The lowest BCUT2D eigenvalue weighted by molar-refractivity contribution is -0.118. The number of amides is 1. The monoisotopic (exact) mass is 199 g/mol. The van der Waals surface area contributed by atoms with Gasteiger partial charge in [-0.05, 0) is 32.7 Å². The molecule has 0 aromatic carbocycles. The first-order chi connectivity index (χ1) is 6.59. The maximum Gasteiger partial charge on any atom is 0.218 e. The summed E-state index contributed by atoms with van der Waals surface area (Å²) < 4.78 is 0. The van der Waals surface area contributed by atoms with Gasteiger partial charge in [-0.25, -0.2) is 0 Å². The lowest BCUT2D eigenvalue weighted by Crippen LogP contribution is -2.39. The van der Waals surface area contributed by atoms with Crippen LogP contribution >= 0.6 is 0 Å². The summed E-state index contributed by atoms with van der Waals surface area (Å²) in [5.74, 6) is -0.218. The molecule has 14 heavy (non-hydrogen) atoms. The van der Waals surface area contributed by atoms with E-state index in [0.29, 0.717) is 18.5 Å². The number of primary amides is 1. The molecule has 0 saturated heterocycles. The normalized spacial score (nSPS) is 27.9. The van der Waals surface area contributed by atoms with E-state index < -0.39 is 0 Å². The molecule has 1 rings (SSSR count). The minimum atomic E-state index is -0.218. The Bertz CT molecular complexity index is 188. The molecular formula is C10H21N3O. The second-order valence-corrected chi connectivity index (χ2v) is 4.27. The van der Waals surface area contributed by atoms with Crippen LogP contribution in [0.25, 0.3) is 0 Å². The Morgan fingerprint density at radius 2 is 1.93 bits per heavy atom. The summed E-state index contributed by atoms with van der Waals surface area (Å²) in [5.41, 5.74) is 10.9. The highest BCUT2D eigenvalue weighted by atomic mass is 16.1. The van der Waals surface area contributed by atoms with Crippen molar-refractivity contribution < 1.29 is 4.79 Å². The Hall–Kier alpha value is -0.610. The van der Waals surface area contributed by atoms with Crippen molar-refractivity contribution in [1.29, 1.82) is 0 Å². The number of rotatable bonds is 4. The summed E-state index contributed by atoms with van der Waals surface area (Å²) in [6.45, 7) is 0.773. The Morgan fingerprint density at radius 1 is 1.36 bits per heavy atom. The minimum absolute atomic E-state index is 0.218. The van der Waals surface area contributed by atoms with Gasteiger partial charge in [0.25, 0.3) is 0 Å². The van der Waals surface area contributed by atoms with Gasteiger partial charge in [-0.2, -0.15) is 0 Å². The van der Waals surface area contributed by atoms with E-state index >= 15 is 0 Å². The van der Waals surface area contributed by atoms with Crippen LogP contribution in [0.3, 0.4) is 0 Å². The first-order valence-corrected chi connectivity index (χ1v) is 5.33. The number of nitrogens with two attached hydrogens (primary N) is 2. The standard InChI is InChI=1S/C10H21N3O/c1-13(7-6-10(12)14)9-4-2-8(11)3-5-9/h8-9H,2-7,11H2,1H3,(H2,12,14). The van der Waals surface area contributed by atoms with Gasteiger partial charge in [0.1, 0.15) is 0 Å². The maximum absolute atomic E-state index is 10.6. The molecule has 1 aliphatic carbocycles. The molecular weight excluding hydrogens is 178 g/mol. The molecule has 1 amide bonds. The Morgan fingerprint density at radius 3 is 2.43 bits per heavy atom. The third-order valence-corrected chi connectivity index (χ3v) is 3.08. The Kier molecular flexibility index (Phi) is 4.35. The Labute approximate surface area is 85.6 Å². The van der Waals surface area contributed by atoms with Crippen molar-refractivity contribution in [3.63, 3.8) is 0 Å². The van der Waals surface area contributed by atoms with Crippen LogP contribution in [0.1, 0.15) is 32.1 Å². The van der Waals surface area contributed by atoms with Crippen molar-refractivity contribution >= 4 is 5.91 Å². The third kappa shape index (κ3) is 3.64. The van der Waals surface area contributed by atoms with E-state index in [2.05, 4.69) is 11.9 Å². The molecule has 0 aliphatic heterocycles. The third-order valence-electron chi connectivity index (χ3n) is 3.08. The molecule has 1 aliphatic rings. The summed E-state index contributed by atoms with van der Waals surface area (Å²) in [6, 6.07) is 0.977. The fourth-order valence-electron chi connectivity index (χ4n) is 2.01. The van der Waals surface area contributed by atoms with Crippen molar-refractivity contribution in [2.24, 2.45) is 11.5 Å². The number of nitrogens with zero attached hydrogens (tertiary/aromatic N) is 1. The van der Waals surface area contributed by atoms with Gasteiger partial charge >= 0.3 is 0 Å². The summed E-state index contributed by atoms with van der Waals surface area (Å²) in [5, 5.41) is 0. The van der Waals surface area contributed by atoms with E-state index in [0.717, 1.165) is 32.2 Å². The molecule has 0 atom stereocenters. The fraction of sp³-hybridized carbons (Fsp3) is 0.900. The zero-order chi connectivity index (χ0) is 10.6. The smallest absolute Gasteiger partial charge is 0.218 e. The van der Waals surface area contributed by atoms with Gasteiger partial charge in [0.05, 0.1) is 0 Å². The summed E-state index contributed by atoms with van der Waals surface area (Å²) in [4.78, 5) is 12.8. The zero-order valence-electron chi connectivity index (χ0n) is 8.91. The predicted octanol–water partition coefficient (Wildman–Crippen LogP) is 0.0635. The molecule has 1 fully saturated rings. The highest BCUT2D eigenvalue weighted by Crippen LogP contribution is 2.20. The lowest BCUT2D eigenvalue weighted by Gasteiger charge is -2.33.